The van der Waals surface area contributed by atoms with Gasteiger partial charge in [0.15, 0.2) is 0 Å². The maximum atomic E-state index is 12.0. The van der Waals surface area contributed by atoms with E-state index >= 15 is 0 Å². The van der Waals surface area contributed by atoms with E-state index in [1.54, 1.807) is 18.2 Å². The maximum Gasteiger partial charge on any atom is 0.270 e. The molecule has 2 aromatic carbocycles. The number of carbonyl (C=O) groups excluding carboxylic acids is 1. The molecular weight excluding hydrogens is 351 g/mol. The van der Waals surface area contributed by atoms with Crippen LogP contribution in [0.25, 0.3) is 0 Å². The van der Waals surface area contributed by atoms with E-state index < -0.39 is 10.8 Å². The lowest BCUT2D eigenvalue weighted by molar-refractivity contribution is -0.384. The van der Waals surface area contributed by atoms with Gasteiger partial charge in [-0.2, -0.15) is 0 Å². The molecule has 0 bridgehead atoms. The minimum absolute atomic E-state index is 0.0147. The van der Waals surface area contributed by atoms with Crippen molar-refractivity contribution in [2.45, 2.75) is 6.54 Å². The van der Waals surface area contributed by atoms with Gasteiger partial charge in [-0.05, 0) is 23.8 Å². The molecule has 0 aliphatic heterocycles. The van der Waals surface area contributed by atoms with Crippen LogP contribution in [0.3, 0.4) is 0 Å². The SMILES string of the molecule is O=C(NCc1ccc(Cl)c(Cl)c1)c1ccc([N+](=O)[O-])cc1Cl. The van der Waals surface area contributed by atoms with Crippen molar-refractivity contribution in [2.75, 3.05) is 0 Å². The number of rotatable bonds is 4. The summed E-state index contributed by atoms with van der Waals surface area (Å²) in [6, 6.07) is 8.66. The van der Waals surface area contributed by atoms with Gasteiger partial charge < -0.3 is 5.32 Å². The third kappa shape index (κ3) is 3.88. The normalized spacial score (nSPS) is 10.3. The van der Waals surface area contributed by atoms with Crippen LogP contribution >= 0.6 is 34.8 Å². The van der Waals surface area contributed by atoms with Gasteiger partial charge in [-0.3, -0.25) is 14.9 Å². The molecule has 2 aromatic rings. The number of hydrogen-bond donors (Lipinski definition) is 1. The number of carbonyl (C=O) groups is 1. The topological polar surface area (TPSA) is 72.2 Å². The van der Waals surface area contributed by atoms with Crippen LogP contribution in [0.15, 0.2) is 36.4 Å². The highest BCUT2D eigenvalue weighted by molar-refractivity contribution is 6.42. The maximum absolute atomic E-state index is 12.0. The van der Waals surface area contributed by atoms with Crippen LogP contribution in [-0.4, -0.2) is 10.8 Å². The van der Waals surface area contributed by atoms with Gasteiger partial charge in [-0.1, -0.05) is 40.9 Å². The third-order valence-electron chi connectivity index (χ3n) is 2.85. The average Bonchev–Trinajstić information content (AvgIpc) is 2.48. The Labute approximate surface area is 140 Å². The Balaban J connectivity index is 2.09. The van der Waals surface area contributed by atoms with Crippen molar-refractivity contribution in [2.24, 2.45) is 0 Å². The molecule has 8 heteroatoms. The number of nitro benzene ring substituents is 1. The van der Waals surface area contributed by atoms with Gasteiger partial charge in [-0.25, -0.2) is 0 Å². The minimum atomic E-state index is -0.580. The number of halogens is 3. The van der Waals surface area contributed by atoms with Gasteiger partial charge in [0.05, 0.1) is 25.6 Å². The molecule has 0 spiro atoms. The van der Waals surface area contributed by atoms with Crippen LogP contribution in [0.2, 0.25) is 15.1 Å². The van der Waals surface area contributed by atoms with E-state index in [1.165, 1.54) is 12.1 Å². The van der Waals surface area contributed by atoms with Crippen molar-refractivity contribution >= 4 is 46.4 Å². The fourth-order valence-corrected chi connectivity index (χ4v) is 2.31. The van der Waals surface area contributed by atoms with E-state index in [0.717, 1.165) is 11.6 Å². The van der Waals surface area contributed by atoms with Crippen molar-refractivity contribution in [3.05, 3.63) is 72.7 Å². The van der Waals surface area contributed by atoms with Crippen molar-refractivity contribution in [1.29, 1.82) is 0 Å². The lowest BCUT2D eigenvalue weighted by atomic mass is 10.1. The number of nitrogens with zero attached hydrogens (tertiary/aromatic N) is 1. The molecule has 0 unspecified atom stereocenters. The summed E-state index contributed by atoms with van der Waals surface area (Å²) in [6.07, 6.45) is 0. The molecule has 0 fully saturated rings. The highest BCUT2D eigenvalue weighted by atomic mass is 35.5. The number of nitro groups is 1. The van der Waals surface area contributed by atoms with Gasteiger partial charge in [0, 0.05) is 18.7 Å². The molecule has 22 heavy (non-hydrogen) atoms. The summed E-state index contributed by atoms with van der Waals surface area (Å²) in [4.78, 5) is 22.1. The Hall–Kier alpha value is -1.82. The number of amides is 1. The van der Waals surface area contributed by atoms with Crippen LogP contribution in [0.5, 0.6) is 0 Å². The van der Waals surface area contributed by atoms with Gasteiger partial charge in [0.25, 0.3) is 11.6 Å². The van der Waals surface area contributed by atoms with E-state index in [-0.39, 0.29) is 22.8 Å². The molecule has 0 aliphatic rings. The molecular formula is C14H9Cl3N2O3. The van der Waals surface area contributed by atoms with E-state index in [1.807, 2.05) is 0 Å². The molecule has 0 atom stereocenters. The molecule has 0 aliphatic carbocycles. The molecule has 1 N–H and O–H groups in total. The zero-order valence-electron chi connectivity index (χ0n) is 11.0. The molecule has 0 heterocycles. The second-order valence-corrected chi connectivity index (χ2v) is 5.57. The predicted molar refractivity (Wildman–Crippen MR) is 85.7 cm³/mol. The first-order valence-electron chi connectivity index (χ1n) is 6.04. The first kappa shape index (κ1) is 16.5. The number of benzene rings is 2. The molecule has 0 aromatic heterocycles. The molecule has 1 amide bonds. The molecule has 0 radical (unpaired) electrons. The summed E-state index contributed by atoms with van der Waals surface area (Å²) in [7, 11) is 0. The van der Waals surface area contributed by atoms with E-state index in [0.29, 0.717) is 10.0 Å². The van der Waals surface area contributed by atoms with Crippen LogP contribution in [0, 0.1) is 10.1 Å². The van der Waals surface area contributed by atoms with Gasteiger partial charge in [0.1, 0.15) is 0 Å². The lowest BCUT2D eigenvalue weighted by Crippen LogP contribution is -2.23. The quantitative estimate of drug-likeness (QED) is 0.646. The monoisotopic (exact) mass is 358 g/mol. The Kier molecular flexibility index (Phi) is 5.24. The summed E-state index contributed by atoms with van der Waals surface area (Å²) in [6.45, 7) is 0.225. The van der Waals surface area contributed by atoms with Crippen LogP contribution in [-0.2, 0) is 6.54 Å². The molecule has 2 rings (SSSR count). The van der Waals surface area contributed by atoms with Gasteiger partial charge >= 0.3 is 0 Å². The van der Waals surface area contributed by atoms with Gasteiger partial charge in [-0.15, -0.1) is 0 Å². The average molecular weight is 360 g/mol. The molecule has 114 valence electrons. The van der Waals surface area contributed by atoms with Crippen molar-refractivity contribution < 1.29 is 9.72 Å². The summed E-state index contributed by atoms with van der Waals surface area (Å²) in [5.74, 6) is -0.439. The highest BCUT2D eigenvalue weighted by Crippen LogP contribution is 2.24. The Morgan fingerprint density at radius 2 is 1.77 bits per heavy atom. The summed E-state index contributed by atoms with van der Waals surface area (Å²) < 4.78 is 0. The summed E-state index contributed by atoms with van der Waals surface area (Å²) in [5.41, 5.74) is 0.749. The second-order valence-electron chi connectivity index (χ2n) is 4.35. The van der Waals surface area contributed by atoms with E-state index in [2.05, 4.69) is 5.32 Å². The lowest BCUT2D eigenvalue weighted by Gasteiger charge is -2.07. The first-order valence-corrected chi connectivity index (χ1v) is 7.18. The fourth-order valence-electron chi connectivity index (χ4n) is 1.73. The van der Waals surface area contributed by atoms with Crippen molar-refractivity contribution in [1.82, 2.24) is 5.32 Å². The van der Waals surface area contributed by atoms with Crippen LogP contribution < -0.4 is 5.32 Å². The molecule has 0 saturated heterocycles. The summed E-state index contributed by atoms with van der Waals surface area (Å²) in [5, 5.41) is 14.1. The third-order valence-corrected chi connectivity index (χ3v) is 3.90. The molecule has 0 saturated carbocycles. The second kappa shape index (κ2) is 6.96. The fraction of sp³-hybridized carbons (Fsp3) is 0.0714. The first-order chi connectivity index (χ1) is 10.4. The van der Waals surface area contributed by atoms with Gasteiger partial charge in [0.2, 0.25) is 0 Å². The Morgan fingerprint density at radius 3 is 2.36 bits per heavy atom. The van der Waals surface area contributed by atoms with Crippen molar-refractivity contribution in [3.63, 3.8) is 0 Å². The predicted octanol–water partition coefficient (Wildman–Crippen LogP) is 4.49. The minimum Gasteiger partial charge on any atom is -0.348 e. The van der Waals surface area contributed by atoms with Crippen molar-refractivity contribution in [3.8, 4) is 0 Å². The number of non-ortho nitro benzene ring substituents is 1. The Morgan fingerprint density at radius 1 is 1.05 bits per heavy atom. The van der Waals surface area contributed by atoms with Crippen LogP contribution in [0.4, 0.5) is 5.69 Å². The zero-order valence-corrected chi connectivity index (χ0v) is 13.2. The smallest absolute Gasteiger partial charge is 0.270 e. The van der Waals surface area contributed by atoms with E-state index in [4.69, 9.17) is 34.8 Å². The highest BCUT2D eigenvalue weighted by Gasteiger charge is 2.14. The zero-order chi connectivity index (χ0) is 16.3. The van der Waals surface area contributed by atoms with Crippen LogP contribution in [0.1, 0.15) is 15.9 Å². The number of nitrogens with one attached hydrogen (secondary N) is 1. The van der Waals surface area contributed by atoms with E-state index in [9.17, 15) is 14.9 Å². The Bertz CT molecular complexity index is 750. The largest absolute Gasteiger partial charge is 0.348 e. The number of hydrogen-bond acceptors (Lipinski definition) is 3. The summed E-state index contributed by atoms with van der Waals surface area (Å²) >= 11 is 17.6. The standard InChI is InChI=1S/C14H9Cl3N2O3/c15-11-4-1-8(5-13(11)17)7-18-14(20)10-3-2-9(19(21)22)6-12(10)16/h1-6H,7H2,(H,18,20). The molecule has 5 nitrogen and oxygen atoms in total.